The van der Waals surface area contributed by atoms with Gasteiger partial charge in [-0.2, -0.15) is 13.2 Å². The number of phenols is 1. The fourth-order valence-corrected chi connectivity index (χ4v) is 3.51. The highest BCUT2D eigenvalue weighted by Gasteiger charge is 2.45. The topological polar surface area (TPSA) is 35.5 Å². The average Bonchev–Trinajstić information content (AvgIpc) is 2.35. The number of benzene rings is 1. The highest BCUT2D eigenvalue weighted by molar-refractivity contribution is 9.11. The summed E-state index contributed by atoms with van der Waals surface area (Å²) in [6.45, 7) is 1.74. The summed E-state index contributed by atoms with van der Waals surface area (Å²) in [5.41, 5.74) is 0.107. The maximum absolute atomic E-state index is 13.4. The van der Waals surface area contributed by atoms with Crippen LogP contribution in [0.2, 0.25) is 0 Å². The van der Waals surface area contributed by atoms with E-state index in [0.717, 1.165) is 0 Å². The van der Waals surface area contributed by atoms with Crippen molar-refractivity contribution in [3.63, 3.8) is 0 Å². The van der Waals surface area contributed by atoms with Crippen LogP contribution in [0.3, 0.4) is 0 Å². The van der Waals surface area contributed by atoms with Gasteiger partial charge in [0.05, 0.1) is 8.95 Å². The number of nitrogens with zero attached hydrogens (tertiary/aromatic N) is 1. The standard InChI is InChI=1S/C12H13Br2F3N2O.ClH/c13-8-5-7(6-9(14)10(8)20)11(12(15,16)17)19-3-1-18-2-4-19;/h5-6,11,18,20H,1-4H2;1H/t11-;/m1./s1. The van der Waals surface area contributed by atoms with Gasteiger partial charge in [0.15, 0.2) is 0 Å². The van der Waals surface area contributed by atoms with Crippen LogP contribution in [0, 0.1) is 0 Å². The van der Waals surface area contributed by atoms with Crippen molar-refractivity contribution in [3.8, 4) is 5.75 Å². The summed E-state index contributed by atoms with van der Waals surface area (Å²) in [6, 6.07) is 0.971. The molecule has 1 aliphatic rings. The third kappa shape index (κ3) is 4.48. The van der Waals surface area contributed by atoms with Gasteiger partial charge < -0.3 is 10.4 Å². The minimum absolute atomic E-state index is 0. The third-order valence-corrected chi connectivity index (χ3v) is 4.39. The van der Waals surface area contributed by atoms with E-state index in [1.54, 1.807) is 0 Å². The van der Waals surface area contributed by atoms with Crippen molar-refractivity contribution < 1.29 is 18.3 Å². The van der Waals surface area contributed by atoms with Crippen molar-refractivity contribution >= 4 is 44.3 Å². The van der Waals surface area contributed by atoms with Gasteiger partial charge in [-0.25, -0.2) is 0 Å². The van der Waals surface area contributed by atoms with Crippen molar-refractivity contribution in [2.75, 3.05) is 26.2 Å². The van der Waals surface area contributed by atoms with Gasteiger partial charge in [-0.1, -0.05) is 0 Å². The largest absolute Gasteiger partial charge is 0.506 e. The first-order chi connectivity index (χ1) is 9.30. The Hall–Kier alpha value is -0.0200. The number of piperazine rings is 1. The molecule has 2 rings (SSSR count). The molecule has 2 N–H and O–H groups in total. The summed E-state index contributed by atoms with van der Waals surface area (Å²) in [6.07, 6.45) is -4.37. The van der Waals surface area contributed by atoms with E-state index in [4.69, 9.17) is 0 Å². The van der Waals surface area contributed by atoms with E-state index in [-0.39, 0.29) is 32.7 Å². The molecular weight excluding hydrogens is 440 g/mol. The fourth-order valence-electron chi connectivity index (χ4n) is 2.29. The molecule has 0 aromatic heterocycles. The Labute approximate surface area is 143 Å². The smallest absolute Gasteiger partial charge is 0.408 e. The van der Waals surface area contributed by atoms with Gasteiger partial charge in [-0.15, -0.1) is 12.4 Å². The lowest BCUT2D eigenvalue weighted by atomic mass is 10.0. The molecule has 120 valence electrons. The summed E-state index contributed by atoms with van der Waals surface area (Å²) in [4.78, 5) is 1.40. The molecule has 1 aromatic rings. The van der Waals surface area contributed by atoms with Crippen LogP contribution in [0.1, 0.15) is 11.6 Å². The predicted molar refractivity (Wildman–Crippen MR) is 84.0 cm³/mol. The summed E-state index contributed by atoms with van der Waals surface area (Å²) in [5.74, 6) is -0.102. The van der Waals surface area contributed by atoms with E-state index >= 15 is 0 Å². The van der Waals surface area contributed by atoms with Crippen LogP contribution >= 0.6 is 44.3 Å². The molecule has 3 nitrogen and oxygen atoms in total. The van der Waals surface area contributed by atoms with Crippen LogP contribution in [0.4, 0.5) is 13.2 Å². The second-order valence-electron chi connectivity index (χ2n) is 4.56. The Morgan fingerprint density at radius 1 is 1.14 bits per heavy atom. The van der Waals surface area contributed by atoms with Crippen molar-refractivity contribution in [1.29, 1.82) is 0 Å². The number of phenolic OH excluding ortho intramolecular Hbond substituents is 1. The van der Waals surface area contributed by atoms with Gasteiger partial charge in [0.2, 0.25) is 0 Å². The number of nitrogens with one attached hydrogen (secondary N) is 1. The van der Waals surface area contributed by atoms with Gasteiger partial charge in [0.1, 0.15) is 11.8 Å². The minimum Gasteiger partial charge on any atom is -0.506 e. The van der Waals surface area contributed by atoms with Gasteiger partial charge in [0.25, 0.3) is 0 Å². The molecule has 1 heterocycles. The maximum atomic E-state index is 13.4. The lowest BCUT2D eigenvalue weighted by molar-refractivity contribution is -0.187. The Morgan fingerprint density at radius 3 is 2.05 bits per heavy atom. The Bertz CT molecular complexity index is 473. The number of hydrogen-bond acceptors (Lipinski definition) is 3. The first-order valence-electron chi connectivity index (χ1n) is 6.00. The molecule has 1 atom stereocenters. The number of aromatic hydroxyl groups is 1. The van der Waals surface area contributed by atoms with Crippen LogP contribution in [0.25, 0.3) is 0 Å². The molecule has 0 bridgehead atoms. The van der Waals surface area contributed by atoms with E-state index in [1.807, 2.05) is 0 Å². The second kappa shape index (κ2) is 7.50. The molecule has 21 heavy (non-hydrogen) atoms. The van der Waals surface area contributed by atoms with Crippen LogP contribution in [-0.2, 0) is 0 Å². The Morgan fingerprint density at radius 2 is 1.62 bits per heavy atom. The van der Waals surface area contributed by atoms with E-state index in [1.165, 1.54) is 17.0 Å². The lowest BCUT2D eigenvalue weighted by Crippen LogP contribution is -2.49. The minimum atomic E-state index is -4.37. The van der Waals surface area contributed by atoms with Gasteiger partial charge in [0, 0.05) is 26.2 Å². The highest BCUT2D eigenvalue weighted by atomic mass is 79.9. The highest BCUT2D eigenvalue weighted by Crippen LogP contribution is 2.42. The normalized spacial score (nSPS) is 18.1. The van der Waals surface area contributed by atoms with Crippen LogP contribution in [0.15, 0.2) is 21.1 Å². The molecule has 1 saturated heterocycles. The summed E-state index contributed by atoms with van der Waals surface area (Å²) < 4.78 is 40.7. The Kier molecular flexibility index (Phi) is 6.80. The molecule has 0 unspecified atom stereocenters. The van der Waals surface area contributed by atoms with E-state index in [2.05, 4.69) is 37.2 Å². The maximum Gasteiger partial charge on any atom is 0.408 e. The molecule has 0 saturated carbocycles. The third-order valence-electron chi connectivity index (χ3n) is 3.18. The molecule has 0 radical (unpaired) electrons. The van der Waals surface area contributed by atoms with Gasteiger partial charge in [-0.05, 0) is 49.6 Å². The first kappa shape index (κ1) is 19.0. The van der Waals surface area contributed by atoms with E-state index in [9.17, 15) is 18.3 Å². The molecule has 1 aliphatic heterocycles. The SMILES string of the molecule is Cl.Oc1c(Br)cc([C@@H](N2CCNCC2)C(F)(F)F)cc1Br. The molecule has 0 amide bonds. The monoisotopic (exact) mass is 452 g/mol. The molecule has 0 spiro atoms. The lowest BCUT2D eigenvalue weighted by Gasteiger charge is -2.36. The van der Waals surface area contributed by atoms with Crippen molar-refractivity contribution in [1.82, 2.24) is 10.2 Å². The average molecular weight is 455 g/mol. The van der Waals surface area contributed by atoms with Crippen LogP contribution in [-0.4, -0.2) is 42.4 Å². The number of alkyl halides is 3. The van der Waals surface area contributed by atoms with Gasteiger partial charge >= 0.3 is 6.18 Å². The van der Waals surface area contributed by atoms with Crippen LogP contribution < -0.4 is 5.32 Å². The second-order valence-corrected chi connectivity index (χ2v) is 6.27. The quantitative estimate of drug-likeness (QED) is 0.713. The number of halogens is 6. The molecule has 0 aliphatic carbocycles. The Balaban J connectivity index is 0.00000220. The molecular formula is C12H14Br2ClF3N2O. The summed E-state index contributed by atoms with van der Waals surface area (Å²) >= 11 is 6.16. The summed E-state index contributed by atoms with van der Waals surface area (Å²) in [5, 5.41) is 12.7. The number of rotatable bonds is 2. The number of hydrogen-bond donors (Lipinski definition) is 2. The zero-order valence-electron chi connectivity index (χ0n) is 10.8. The van der Waals surface area contributed by atoms with Crippen molar-refractivity contribution in [2.45, 2.75) is 12.2 Å². The van der Waals surface area contributed by atoms with Crippen molar-refractivity contribution in [2.24, 2.45) is 0 Å². The van der Waals surface area contributed by atoms with Gasteiger partial charge in [-0.3, -0.25) is 4.90 Å². The summed E-state index contributed by atoms with van der Waals surface area (Å²) in [7, 11) is 0. The zero-order chi connectivity index (χ0) is 14.9. The van der Waals surface area contributed by atoms with E-state index < -0.39 is 12.2 Å². The van der Waals surface area contributed by atoms with Crippen LogP contribution in [0.5, 0.6) is 5.75 Å². The zero-order valence-corrected chi connectivity index (χ0v) is 14.7. The van der Waals surface area contributed by atoms with E-state index in [0.29, 0.717) is 26.2 Å². The molecule has 9 heteroatoms. The van der Waals surface area contributed by atoms with Crippen molar-refractivity contribution in [3.05, 3.63) is 26.6 Å². The first-order valence-corrected chi connectivity index (χ1v) is 7.58. The molecule has 1 fully saturated rings. The predicted octanol–water partition coefficient (Wildman–Crippen LogP) is 3.85. The fraction of sp³-hybridized carbons (Fsp3) is 0.500. The molecule has 1 aromatic carbocycles.